The Hall–Kier alpha value is -2.88. The summed E-state index contributed by atoms with van der Waals surface area (Å²) in [5.41, 5.74) is 3.33. The Bertz CT molecular complexity index is 906. The third kappa shape index (κ3) is 8.88. The van der Waals surface area contributed by atoms with Crippen LogP contribution in [0.3, 0.4) is 0 Å². The molecule has 0 saturated heterocycles. The van der Waals surface area contributed by atoms with E-state index < -0.39 is 0 Å². The molecule has 0 radical (unpaired) electrons. The first kappa shape index (κ1) is 24.8. The number of aromatic nitrogens is 2. The van der Waals surface area contributed by atoms with E-state index in [1.165, 1.54) is 56.9 Å². The molecule has 0 spiro atoms. The van der Waals surface area contributed by atoms with Gasteiger partial charge in [-0.05, 0) is 67.3 Å². The second kappa shape index (κ2) is 14.3. The van der Waals surface area contributed by atoms with Crippen LogP contribution in [0.5, 0.6) is 11.5 Å². The number of ether oxygens (including phenoxy) is 2. The molecule has 3 aromatic rings. The summed E-state index contributed by atoms with van der Waals surface area (Å²) in [6.45, 7) is 5.45. The van der Waals surface area contributed by atoms with E-state index in [2.05, 4.69) is 16.9 Å². The van der Waals surface area contributed by atoms with Gasteiger partial charge in [-0.2, -0.15) is 0 Å². The molecule has 33 heavy (non-hydrogen) atoms. The van der Waals surface area contributed by atoms with Gasteiger partial charge in [0.25, 0.3) is 0 Å². The normalized spacial score (nSPS) is 10.8. The number of benzene rings is 2. The van der Waals surface area contributed by atoms with Crippen molar-refractivity contribution < 1.29 is 9.47 Å². The summed E-state index contributed by atoms with van der Waals surface area (Å²) in [5, 5.41) is 0. The molecule has 176 valence electrons. The predicted octanol–water partition coefficient (Wildman–Crippen LogP) is 7.80. The van der Waals surface area contributed by atoms with E-state index in [0.29, 0.717) is 13.2 Å². The van der Waals surface area contributed by atoms with Gasteiger partial charge in [0.15, 0.2) is 5.82 Å². The van der Waals surface area contributed by atoms with Crippen LogP contribution in [-0.4, -0.2) is 16.6 Å². The molecule has 1 heterocycles. The molecule has 0 fully saturated rings. The fourth-order valence-electron chi connectivity index (χ4n) is 3.81. The average Bonchev–Trinajstić information content (AvgIpc) is 2.86. The largest absolute Gasteiger partial charge is 0.494 e. The fourth-order valence-corrected chi connectivity index (χ4v) is 3.81. The van der Waals surface area contributed by atoms with Gasteiger partial charge in [0.05, 0.1) is 6.61 Å². The van der Waals surface area contributed by atoms with Crippen molar-refractivity contribution in [3.05, 3.63) is 72.1 Å². The second-order valence-electron chi connectivity index (χ2n) is 8.53. The fraction of sp³-hybridized carbons (Fsp3) is 0.448. The van der Waals surface area contributed by atoms with Gasteiger partial charge in [0, 0.05) is 18.0 Å². The van der Waals surface area contributed by atoms with Crippen molar-refractivity contribution in [3.8, 4) is 22.9 Å². The monoisotopic (exact) mass is 446 g/mol. The number of hydrogen-bond acceptors (Lipinski definition) is 4. The minimum Gasteiger partial charge on any atom is -0.494 e. The summed E-state index contributed by atoms with van der Waals surface area (Å²) < 4.78 is 11.4. The van der Waals surface area contributed by atoms with E-state index in [1.54, 1.807) is 0 Å². The zero-order valence-corrected chi connectivity index (χ0v) is 20.3. The number of rotatable bonds is 15. The molecule has 0 atom stereocenters. The number of hydrogen-bond donors (Lipinski definition) is 0. The van der Waals surface area contributed by atoms with Gasteiger partial charge in [0.2, 0.25) is 0 Å². The predicted molar refractivity (Wildman–Crippen MR) is 136 cm³/mol. The highest BCUT2D eigenvalue weighted by Gasteiger charge is 2.04. The van der Waals surface area contributed by atoms with Gasteiger partial charge in [-0.15, -0.1) is 0 Å². The van der Waals surface area contributed by atoms with Crippen molar-refractivity contribution in [1.82, 2.24) is 9.97 Å². The third-order valence-electron chi connectivity index (χ3n) is 5.78. The molecule has 0 amide bonds. The molecule has 4 nitrogen and oxygen atoms in total. The van der Waals surface area contributed by atoms with E-state index in [4.69, 9.17) is 9.47 Å². The van der Waals surface area contributed by atoms with Gasteiger partial charge < -0.3 is 9.47 Å². The van der Waals surface area contributed by atoms with E-state index in [0.717, 1.165) is 34.9 Å². The molecular weight excluding hydrogens is 408 g/mol. The molecule has 0 saturated carbocycles. The summed E-state index contributed by atoms with van der Waals surface area (Å²) in [5.74, 6) is 2.47. The molecule has 3 rings (SSSR count). The van der Waals surface area contributed by atoms with Crippen LogP contribution in [0.4, 0.5) is 0 Å². The van der Waals surface area contributed by atoms with Crippen LogP contribution in [0.15, 0.2) is 60.9 Å². The molecule has 0 aliphatic carbocycles. The van der Waals surface area contributed by atoms with Gasteiger partial charge >= 0.3 is 0 Å². The number of unbranched alkanes of at least 4 members (excludes halogenated alkanes) is 7. The Kier molecular flexibility index (Phi) is 10.7. The Morgan fingerprint density at radius 1 is 0.606 bits per heavy atom. The standard InChI is InChI=1S/C29H38N2O2/c1-3-5-6-7-8-9-10-11-12-25-21-30-29(31-22-25)26-15-19-28(20-16-26)33-23-24-13-17-27(18-14-24)32-4-2/h13-22H,3-12,23H2,1-2H3. The summed E-state index contributed by atoms with van der Waals surface area (Å²) in [6, 6.07) is 16.0. The molecule has 0 aliphatic rings. The Balaban J connectivity index is 1.40. The van der Waals surface area contributed by atoms with Crippen LogP contribution in [0.1, 0.15) is 76.3 Å². The first-order valence-corrected chi connectivity index (χ1v) is 12.5. The van der Waals surface area contributed by atoms with Crippen LogP contribution in [0.2, 0.25) is 0 Å². The van der Waals surface area contributed by atoms with Gasteiger partial charge in [-0.25, -0.2) is 9.97 Å². The van der Waals surface area contributed by atoms with Crippen LogP contribution < -0.4 is 9.47 Å². The third-order valence-corrected chi connectivity index (χ3v) is 5.78. The molecule has 2 aromatic carbocycles. The number of aryl methyl sites for hydroxylation is 1. The van der Waals surface area contributed by atoms with Gasteiger partial charge in [-0.1, -0.05) is 64.0 Å². The maximum absolute atomic E-state index is 5.91. The Morgan fingerprint density at radius 2 is 1.18 bits per heavy atom. The van der Waals surface area contributed by atoms with Crippen molar-refractivity contribution in [1.29, 1.82) is 0 Å². The summed E-state index contributed by atoms with van der Waals surface area (Å²) in [6.07, 6.45) is 15.7. The lowest BCUT2D eigenvalue weighted by Gasteiger charge is -2.08. The smallest absolute Gasteiger partial charge is 0.159 e. The lowest BCUT2D eigenvalue weighted by atomic mass is 10.1. The molecule has 0 bridgehead atoms. The zero-order valence-electron chi connectivity index (χ0n) is 20.3. The van der Waals surface area contributed by atoms with Crippen molar-refractivity contribution in [2.24, 2.45) is 0 Å². The lowest BCUT2D eigenvalue weighted by molar-refractivity contribution is 0.305. The first-order chi connectivity index (χ1) is 16.3. The minimum absolute atomic E-state index is 0.524. The van der Waals surface area contributed by atoms with Gasteiger partial charge in [-0.3, -0.25) is 0 Å². The minimum atomic E-state index is 0.524. The average molecular weight is 447 g/mol. The maximum Gasteiger partial charge on any atom is 0.159 e. The number of nitrogens with zero attached hydrogens (tertiary/aromatic N) is 2. The van der Waals surface area contributed by atoms with E-state index in [-0.39, 0.29) is 0 Å². The van der Waals surface area contributed by atoms with E-state index >= 15 is 0 Å². The van der Waals surface area contributed by atoms with Crippen LogP contribution >= 0.6 is 0 Å². The highest BCUT2D eigenvalue weighted by Crippen LogP contribution is 2.21. The summed E-state index contributed by atoms with van der Waals surface area (Å²) in [7, 11) is 0. The van der Waals surface area contributed by atoms with Crippen LogP contribution in [0.25, 0.3) is 11.4 Å². The molecule has 1 aromatic heterocycles. The quantitative estimate of drug-likeness (QED) is 0.223. The van der Waals surface area contributed by atoms with Gasteiger partial charge in [0.1, 0.15) is 18.1 Å². The molecule has 4 heteroatoms. The Morgan fingerprint density at radius 3 is 1.82 bits per heavy atom. The van der Waals surface area contributed by atoms with Crippen molar-refractivity contribution in [3.63, 3.8) is 0 Å². The Labute approximate surface area is 199 Å². The molecule has 0 N–H and O–H groups in total. The SMILES string of the molecule is CCCCCCCCCCc1cnc(-c2ccc(OCc3ccc(OCC)cc3)cc2)nc1. The van der Waals surface area contributed by atoms with E-state index in [9.17, 15) is 0 Å². The van der Waals surface area contributed by atoms with Crippen LogP contribution in [0, 0.1) is 0 Å². The van der Waals surface area contributed by atoms with E-state index in [1.807, 2.05) is 67.8 Å². The topological polar surface area (TPSA) is 44.2 Å². The highest BCUT2D eigenvalue weighted by molar-refractivity contribution is 5.55. The summed E-state index contributed by atoms with van der Waals surface area (Å²) >= 11 is 0. The maximum atomic E-state index is 5.91. The molecule has 0 unspecified atom stereocenters. The van der Waals surface area contributed by atoms with Crippen molar-refractivity contribution in [2.75, 3.05) is 6.61 Å². The zero-order chi connectivity index (χ0) is 23.1. The molecular formula is C29H38N2O2. The lowest BCUT2D eigenvalue weighted by Crippen LogP contribution is -1.97. The first-order valence-electron chi connectivity index (χ1n) is 12.5. The molecule has 0 aliphatic heterocycles. The summed E-state index contributed by atoms with van der Waals surface area (Å²) in [4.78, 5) is 9.16. The van der Waals surface area contributed by atoms with Crippen LogP contribution in [-0.2, 0) is 13.0 Å². The van der Waals surface area contributed by atoms with Crippen molar-refractivity contribution >= 4 is 0 Å². The second-order valence-corrected chi connectivity index (χ2v) is 8.53. The highest BCUT2D eigenvalue weighted by atomic mass is 16.5. The van der Waals surface area contributed by atoms with Crippen molar-refractivity contribution in [2.45, 2.75) is 78.2 Å².